The predicted octanol–water partition coefficient (Wildman–Crippen LogP) is 4.13. The average molecular weight is 649 g/mol. The second-order valence-electron chi connectivity index (χ2n) is 13.1. The Morgan fingerprint density at radius 2 is 1.53 bits per heavy atom. The lowest BCUT2D eigenvalue weighted by Crippen LogP contribution is -2.52. The lowest BCUT2D eigenvalue weighted by Gasteiger charge is -2.43. The molecule has 0 radical (unpaired) electrons. The van der Waals surface area contributed by atoms with Gasteiger partial charge < -0.3 is 9.80 Å². The third-order valence-corrected chi connectivity index (χ3v) is 12.3. The number of hydrogen-bond acceptors (Lipinski definition) is 7. The first kappa shape index (κ1) is 34.5. The summed E-state index contributed by atoms with van der Waals surface area (Å²) < 4.78 is 73.8. The summed E-state index contributed by atoms with van der Waals surface area (Å²) in [5.74, 6) is -0.0627. The maximum Gasteiger partial charge on any atom is 0.237 e. The number of likely N-dealkylation sites (tertiary alicyclic amines) is 1. The minimum absolute atomic E-state index is 0.0772. The number of sulfonamides is 1. The highest BCUT2D eigenvalue weighted by atomic mass is 32.3. The van der Waals surface area contributed by atoms with Crippen molar-refractivity contribution in [1.29, 1.82) is 0 Å². The molecule has 0 bridgehead atoms. The van der Waals surface area contributed by atoms with Gasteiger partial charge in [0.25, 0.3) is 0 Å². The summed E-state index contributed by atoms with van der Waals surface area (Å²) in [6.45, 7) is 9.51. The molecule has 4 rings (SSSR count). The number of carbonyl (C=O) groups excluding carboxylic acids is 1. The summed E-state index contributed by atoms with van der Waals surface area (Å²) in [5, 5.41) is 0. The van der Waals surface area contributed by atoms with Crippen molar-refractivity contribution in [2.24, 2.45) is 11.8 Å². The fourth-order valence-electron chi connectivity index (χ4n) is 6.90. The predicted molar refractivity (Wildman–Crippen MR) is 168 cm³/mol. The quantitative estimate of drug-likeness (QED) is 0.372. The van der Waals surface area contributed by atoms with E-state index >= 15 is 0 Å². The zero-order valence-electron chi connectivity index (χ0n) is 25.8. The maximum atomic E-state index is 14.2. The normalized spacial score (nSPS) is 23.3. The van der Waals surface area contributed by atoms with Crippen LogP contribution in [0.25, 0.3) is 0 Å². The van der Waals surface area contributed by atoms with Crippen LogP contribution in [0.4, 0.5) is 8.78 Å². The summed E-state index contributed by atoms with van der Waals surface area (Å²) in [6, 6.07) is 3.87. The van der Waals surface area contributed by atoms with Gasteiger partial charge in [0.15, 0.2) is 0 Å². The zero-order chi connectivity index (χ0) is 31.4. The van der Waals surface area contributed by atoms with Gasteiger partial charge in [0.1, 0.15) is 11.6 Å². The molecular formula is C30H50F2N4O5S2. The number of amides is 1. The van der Waals surface area contributed by atoms with E-state index in [1.54, 1.807) is 0 Å². The SMILES string of the molecule is CC(C)CN(C(=O)CN1CCS(O)(O)CC1)C1CCN(CCC(c2cc(F)cc(F)c2)C2CCN(S(C)(=O)=O)CC2)CC1. The van der Waals surface area contributed by atoms with Crippen LogP contribution in [0.15, 0.2) is 18.2 Å². The molecule has 9 nitrogen and oxygen atoms in total. The second kappa shape index (κ2) is 14.8. The van der Waals surface area contributed by atoms with Crippen molar-refractivity contribution in [2.75, 3.05) is 76.7 Å². The van der Waals surface area contributed by atoms with Gasteiger partial charge in [-0.1, -0.05) is 13.8 Å². The lowest BCUT2D eigenvalue weighted by molar-refractivity contribution is -0.136. The van der Waals surface area contributed by atoms with Crippen LogP contribution in [0, 0.1) is 23.5 Å². The Hall–Kier alpha value is -1.35. The van der Waals surface area contributed by atoms with E-state index in [1.165, 1.54) is 22.7 Å². The van der Waals surface area contributed by atoms with E-state index in [-0.39, 0.29) is 23.8 Å². The molecule has 1 unspecified atom stereocenters. The molecule has 1 aromatic carbocycles. The van der Waals surface area contributed by atoms with Crippen LogP contribution in [0.2, 0.25) is 0 Å². The zero-order valence-corrected chi connectivity index (χ0v) is 27.5. The van der Waals surface area contributed by atoms with Crippen molar-refractivity contribution in [3.05, 3.63) is 35.4 Å². The molecule has 0 aliphatic carbocycles. The van der Waals surface area contributed by atoms with E-state index in [2.05, 4.69) is 18.7 Å². The smallest absolute Gasteiger partial charge is 0.237 e. The van der Waals surface area contributed by atoms with Crippen LogP contribution < -0.4 is 0 Å². The largest absolute Gasteiger partial charge is 0.338 e. The minimum Gasteiger partial charge on any atom is -0.338 e. The summed E-state index contributed by atoms with van der Waals surface area (Å²) in [6.07, 6.45) is 4.95. The molecule has 3 aliphatic rings. The average Bonchev–Trinajstić information content (AvgIpc) is 2.92. The van der Waals surface area contributed by atoms with Crippen LogP contribution in [-0.4, -0.2) is 125 Å². The lowest BCUT2D eigenvalue weighted by atomic mass is 9.78. The molecule has 0 saturated carbocycles. The molecule has 1 aromatic rings. The summed E-state index contributed by atoms with van der Waals surface area (Å²) in [7, 11) is -5.77. The molecule has 2 N–H and O–H groups in total. The van der Waals surface area contributed by atoms with Gasteiger partial charge in [0.05, 0.1) is 24.3 Å². The van der Waals surface area contributed by atoms with Gasteiger partial charge in [-0.2, -0.15) is 10.6 Å². The molecule has 3 heterocycles. The van der Waals surface area contributed by atoms with Crippen molar-refractivity contribution in [2.45, 2.75) is 57.9 Å². The van der Waals surface area contributed by atoms with Crippen LogP contribution in [-0.2, 0) is 14.8 Å². The van der Waals surface area contributed by atoms with E-state index in [0.717, 1.165) is 45.0 Å². The molecule has 1 amide bonds. The van der Waals surface area contributed by atoms with E-state index < -0.39 is 32.2 Å². The Bertz CT molecular complexity index is 1160. The highest BCUT2D eigenvalue weighted by molar-refractivity contribution is 8.24. The monoisotopic (exact) mass is 648 g/mol. The number of hydrogen-bond donors (Lipinski definition) is 2. The van der Waals surface area contributed by atoms with Crippen LogP contribution >= 0.6 is 10.6 Å². The van der Waals surface area contributed by atoms with Crippen LogP contribution in [0.5, 0.6) is 0 Å². The fraction of sp³-hybridized carbons (Fsp3) is 0.767. The van der Waals surface area contributed by atoms with Crippen molar-refractivity contribution in [1.82, 2.24) is 19.0 Å². The molecule has 0 aromatic heterocycles. The summed E-state index contributed by atoms with van der Waals surface area (Å²) >= 11 is 0. The van der Waals surface area contributed by atoms with Gasteiger partial charge in [0, 0.05) is 57.9 Å². The Balaban J connectivity index is 1.35. The number of nitrogens with zero attached hydrogens (tertiary/aromatic N) is 4. The Kier molecular flexibility index (Phi) is 11.9. The highest BCUT2D eigenvalue weighted by Gasteiger charge is 2.34. The second-order valence-corrected chi connectivity index (χ2v) is 17.5. The Morgan fingerprint density at radius 1 is 0.953 bits per heavy atom. The summed E-state index contributed by atoms with van der Waals surface area (Å²) in [5.41, 5.74) is 0.637. The van der Waals surface area contributed by atoms with Crippen molar-refractivity contribution in [3.8, 4) is 0 Å². The van der Waals surface area contributed by atoms with E-state index in [0.29, 0.717) is 75.1 Å². The van der Waals surface area contributed by atoms with Gasteiger partial charge >= 0.3 is 0 Å². The first-order valence-corrected chi connectivity index (χ1v) is 19.3. The molecule has 1 atom stereocenters. The number of rotatable bonds is 11. The maximum absolute atomic E-state index is 14.2. The molecule has 3 saturated heterocycles. The molecule has 3 fully saturated rings. The molecule has 0 spiro atoms. The van der Waals surface area contributed by atoms with E-state index in [1.807, 2.05) is 9.80 Å². The van der Waals surface area contributed by atoms with Gasteiger partial charge in [0.2, 0.25) is 15.9 Å². The third kappa shape index (κ3) is 10.1. The summed E-state index contributed by atoms with van der Waals surface area (Å²) in [4.78, 5) is 19.9. The first-order valence-electron chi connectivity index (χ1n) is 15.6. The Morgan fingerprint density at radius 3 is 2.07 bits per heavy atom. The standard InChI is InChI=1S/C30H50F2N4O5S2/c1-23(2)21-36(30(37)22-34-14-16-43(40,41)17-15-34)28-6-9-33(10-7-28)11-8-29(25-18-26(31)20-27(32)19-25)24-4-12-35(13-5-24)42(3,38)39/h18-20,23-24,28-29,40-41H,4-17,21-22H2,1-3H3. The van der Waals surface area contributed by atoms with Crippen molar-refractivity contribution < 1.29 is 31.1 Å². The minimum atomic E-state index is -3.27. The van der Waals surface area contributed by atoms with Gasteiger partial charge in [-0.3, -0.25) is 18.8 Å². The van der Waals surface area contributed by atoms with Gasteiger partial charge in [-0.15, -0.1) is 0 Å². The molecule has 43 heavy (non-hydrogen) atoms. The molecular weight excluding hydrogens is 598 g/mol. The first-order chi connectivity index (χ1) is 20.2. The van der Waals surface area contributed by atoms with Crippen molar-refractivity contribution in [3.63, 3.8) is 0 Å². The van der Waals surface area contributed by atoms with Crippen molar-refractivity contribution >= 4 is 26.5 Å². The van der Waals surface area contributed by atoms with E-state index in [9.17, 15) is 31.1 Å². The third-order valence-electron chi connectivity index (χ3n) is 9.31. The number of benzene rings is 1. The molecule has 246 valence electrons. The van der Waals surface area contributed by atoms with Gasteiger partial charge in [-0.05, 0) is 74.1 Å². The van der Waals surface area contributed by atoms with Crippen LogP contribution in [0.3, 0.4) is 0 Å². The van der Waals surface area contributed by atoms with Gasteiger partial charge in [-0.25, -0.2) is 21.5 Å². The molecule has 3 aliphatic heterocycles. The topological polar surface area (TPSA) is 105 Å². The molecule has 13 heteroatoms. The van der Waals surface area contributed by atoms with Crippen LogP contribution in [0.1, 0.15) is 57.4 Å². The van der Waals surface area contributed by atoms with E-state index in [4.69, 9.17) is 0 Å². The number of carbonyl (C=O) groups is 1. The number of halogens is 2. The highest BCUT2D eigenvalue weighted by Crippen LogP contribution is 2.40. The fourth-order valence-corrected chi connectivity index (χ4v) is 9.08. The Labute approximate surface area is 258 Å². The number of piperidine rings is 2.